The fraction of sp³-hybridized carbons (Fsp3) is 0.211. The zero-order chi connectivity index (χ0) is 21.9. The summed E-state index contributed by atoms with van der Waals surface area (Å²) >= 11 is 0. The summed E-state index contributed by atoms with van der Waals surface area (Å²) in [5.74, 6) is -0.736. The monoisotopic (exact) mass is 428 g/mol. The quantitative estimate of drug-likeness (QED) is 0.618. The molecule has 0 saturated carbocycles. The second-order valence-corrected chi connectivity index (χ2v) is 6.25. The fourth-order valence-corrected chi connectivity index (χ4v) is 2.72. The Labute approximate surface area is 166 Å². The molecule has 11 heteroatoms. The third kappa shape index (κ3) is 4.97. The highest BCUT2D eigenvalue weighted by atomic mass is 19.4. The van der Waals surface area contributed by atoms with Crippen molar-refractivity contribution >= 4 is 5.91 Å². The molecule has 0 atom stereocenters. The molecule has 0 aliphatic carbocycles. The van der Waals surface area contributed by atoms with Crippen molar-refractivity contribution < 1.29 is 31.1 Å². The average Bonchev–Trinajstić information content (AvgIpc) is 3.17. The van der Waals surface area contributed by atoms with Gasteiger partial charge in [0.15, 0.2) is 0 Å². The molecule has 1 aromatic heterocycles. The van der Waals surface area contributed by atoms with E-state index in [1.54, 1.807) is 30.3 Å². The van der Waals surface area contributed by atoms with E-state index in [0.29, 0.717) is 17.8 Å². The van der Waals surface area contributed by atoms with Crippen LogP contribution in [0.2, 0.25) is 0 Å². The molecule has 1 amide bonds. The number of nitrogens with one attached hydrogen (secondary N) is 1. The van der Waals surface area contributed by atoms with E-state index in [4.69, 9.17) is 0 Å². The molecular formula is C19H14F6N4O. The normalized spacial score (nSPS) is 12.1. The maximum absolute atomic E-state index is 12.9. The Morgan fingerprint density at radius 3 is 2.10 bits per heavy atom. The van der Waals surface area contributed by atoms with Crippen molar-refractivity contribution in [1.82, 2.24) is 20.1 Å². The van der Waals surface area contributed by atoms with Crippen LogP contribution in [0.15, 0.2) is 54.9 Å². The lowest BCUT2D eigenvalue weighted by Crippen LogP contribution is -2.28. The molecule has 158 valence electrons. The van der Waals surface area contributed by atoms with Crippen LogP contribution in [0.1, 0.15) is 27.3 Å². The molecule has 1 N–H and O–H groups in total. The van der Waals surface area contributed by atoms with Gasteiger partial charge >= 0.3 is 12.4 Å². The van der Waals surface area contributed by atoms with Gasteiger partial charge in [-0.1, -0.05) is 18.2 Å². The summed E-state index contributed by atoms with van der Waals surface area (Å²) in [4.78, 5) is 16.2. The highest BCUT2D eigenvalue weighted by Crippen LogP contribution is 2.36. The van der Waals surface area contributed by atoms with Crippen molar-refractivity contribution in [3.8, 4) is 5.69 Å². The van der Waals surface area contributed by atoms with Crippen LogP contribution < -0.4 is 5.32 Å². The van der Waals surface area contributed by atoms with Gasteiger partial charge in [-0.15, -0.1) is 0 Å². The lowest BCUT2D eigenvalue weighted by atomic mass is 10.0. The van der Waals surface area contributed by atoms with Crippen LogP contribution in [0.5, 0.6) is 0 Å². The van der Waals surface area contributed by atoms with Crippen LogP contribution in [0, 0.1) is 0 Å². The van der Waals surface area contributed by atoms with Gasteiger partial charge in [-0.2, -0.15) is 31.4 Å². The molecule has 0 saturated heterocycles. The van der Waals surface area contributed by atoms with Gasteiger partial charge in [0.2, 0.25) is 5.82 Å². The van der Waals surface area contributed by atoms with Gasteiger partial charge in [0, 0.05) is 6.54 Å². The van der Waals surface area contributed by atoms with E-state index in [1.165, 1.54) is 4.68 Å². The number of carbonyl (C=O) groups is 1. The zero-order valence-corrected chi connectivity index (χ0v) is 15.1. The van der Waals surface area contributed by atoms with E-state index in [9.17, 15) is 31.1 Å². The molecule has 3 aromatic rings. The first-order valence-electron chi connectivity index (χ1n) is 8.58. The van der Waals surface area contributed by atoms with Crippen molar-refractivity contribution in [2.45, 2.75) is 18.8 Å². The topological polar surface area (TPSA) is 59.8 Å². The van der Waals surface area contributed by atoms with Crippen molar-refractivity contribution in [1.29, 1.82) is 0 Å². The van der Waals surface area contributed by atoms with Gasteiger partial charge in [0.05, 0.1) is 16.8 Å². The van der Waals surface area contributed by atoms with Gasteiger partial charge < -0.3 is 5.32 Å². The number of nitrogens with zero attached hydrogens (tertiary/aromatic N) is 3. The molecule has 0 unspecified atom stereocenters. The van der Waals surface area contributed by atoms with Crippen LogP contribution in [0.4, 0.5) is 26.3 Å². The molecule has 30 heavy (non-hydrogen) atoms. The van der Waals surface area contributed by atoms with Gasteiger partial charge in [0.25, 0.3) is 5.91 Å². The minimum absolute atomic E-state index is 0.0599. The van der Waals surface area contributed by atoms with E-state index in [0.717, 1.165) is 6.33 Å². The number of halogens is 6. The van der Waals surface area contributed by atoms with E-state index < -0.39 is 29.4 Å². The standard InChI is InChI=1S/C19H14F6N4O/c20-18(21,22)13-8-12(9-14(10-13)19(23,24)25)6-7-26-17(30)16-27-11-28-29(16)15-4-2-1-3-5-15/h1-5,8-11H,6-7H2,(H,26,30). The van der Waals surface area contributed by atoms with Crippen molar-refractivity contribution in [2.75, 3.05) is 6.54 Å². The number of alkyl halides is 6. The van der Waals surface area contributed by atoms with E-state index in [-0.39, 0.29) is 30.4 Å². The largest absolute Gasteiger partial charge is 0.416 e. The summed E-state index contributed by atoms with van der Waals surface area (Å²) < 4.78 is 78.8. The summed E-state index contributed by atoms with van der Waals surface area (Å²) in [5, 5.41) is 6.38. The molecule has 2 aromatic carbocycles. The number of carbonyl (C=O) groups excluding carboxylic acids is 1. The highest BCUT2D eigenvalue weighted by Gasteiger charge is 2.36. The molecule has 0 radical (unpaired) electrons. The summed E-state index contributed by atoms with van der Waals surface area (Å²) in [6.07, 6.45) is -8.93. The number of hydrogen-bond donors (Lipinski definition) is 1. The maximum atomic E-state index is 12.9. The van der Waals surface area contributed by atoms with Crippen molar-refractivity contribution in [3.63, 3.8) is 0 Å². The Bertz CT molecular complexity index is 995. The highest BCUT2D eigenvalue weighted by molar-refractivity contribution is 5.91. The number of aromatic nitrogens is 3. The fourth-order valence-electron chi connectivity index (χ4n) is 2.72. The van der Waals surface area contributed by atoms with Gasteiger partial charge in [-0.05, 0) is 42.3 Å². The molecule has 0 fully saturated rings. The molecule has 0 bridgehead atoms. The number of rotatable bonds is 5. The Morgan fingerprint density at radius 2 is 1.53 bits per heavy atom. The first-order chi connectivity index (χ1) is 14.1. The molecule has 1 heterocycles. The minimum atomic E-state index is -4.93. The van der Waals surface area contributed by atoms with Crippen LogP contribution in [0.3, 0.4) is 0 Å². The van der Waals surface area contributed by atoms with Gasteiger partial charge in [-0.3, -0.25) is 4.79 Å². The minimum Gasteiger partial charge on any atom is -0.349 e. The molecule has 3 rings (SSSR count). The number of benzene rings is 2. The predicted molar refractivity (Wildman–Crippen MR) is 93.8 cm³/mol. The number of amides is 1. The molecule has 0 aliphatic rings. The molecular weight excluding hydrogens is 414 g/mol. The maximum Gasteiger partial charge on any atom is 0.416 e. The summed E-state index contributed by atoms with van der Waals surface area (Å²) in [6.45, 7) is -0.195. The van der Waals surface area contributed by atoms with E-state index in [1.807, 2.05) is 0 Å². The summed E-state index contributed by atoms with van der Waals surface area (Å²) in [6, 6.07) is 9.92. The third-order valence-electron chi connectivity index (χ3n) is 4.10. The van der Waals surface area contributed by atoms with Crippen LogP contribution in [-0.4, -0.2) is 27.2 Å². The molecule has 0 spiro atoms. The van der Waals surface area contributed by atoms with E-state index in [2.05, 4.69) is 15.4 Å². The van der Waals surface area contributed by atoms with Crippen LogP contribution in [-0.2, 0) is 18.8 Å². The Hall–Kier alpha value is -3.37. The first-order valence-corrected chi connectivity index (χ1v) is 8.58. The SMILES string of the molecule is O=C(NCCc1cc(C(F)(F)F)cc(C(F)(F)F)c1)c1ncnn1-c1ccccc1. The van der Waals surface area contributed by atoms with E-state index >= 15 is 0 Å². The Kier molecular flexibility index (Phi) is 5.81. The smallest absolute Gasteiger partial charge is 0.349 e. The summed E-state index contributed by atoms with van der Waals surface area (Å²) in [7, 11) is 0. The second kappa shape index (κ2) is 8.17. The first kappa shape index (κ1) is 21.3. The van der Waals surface area contributed by atoms with Gasteiger partial charge in [-0.25, -0.2) is 9.67 Å². The number of para-hydroxylation sites is 1. The van der Waals surface area contributed by atoms with Crippen molar-refractivity contribution in [3.05, 3.63) is 77.4 Å². The Balaban J connectivity index is 1.73. The lowest BCUT2D eigenvalue weighted by molar-refractivity contribution is -0.143. The molecule has 5 nitrogen and oxygen atoms in total. The predicted octanol–water partition coefficient (Wildman–Crippen LogP) is 4.28. The summed E-state index contributed by atoms with van der Waals surface area (Å²) in [5.41, 5.74) is -2.44. The van der Waals surface area contributed by atoms with Gasteiger partial charge in [0.1, 0.15) is 6.33 Å². The second-order valence-electron chi connectivity index (χ2n) is 6.25. The lowest BCUT2D eigenvalue weighted by Gasteiger charge is -2.14. The van der Waals surface area contributed by atoms with Crippen LogP contribution in [0.25, 0.3) is 5.69 Å². The van der Waals surface area contributed by atoms with Crippen LogP contribution >= 0.6 is 0 Å². The zero-order valence-electron chi connectivity index (χ0n) is 15.1. The third-order valence-corrected chi connectivity index (χ3v) is 4.10. The Morgan fingerprint density at radius 1 is 0.933 bits per heavy atom. The number of hydrogen-bond acceptors (Lipinski definition) is 3. The van der Waals surface area contributed by atoms with Crippen molar-refractivity contribution in [2.24, 2.45) is 0 Å². The average molecular weight is 428 g/mol. The molecule has 0 aliphatic heterocycles.